The van der Waals surface area contributed by atoms with Crippen LogP contribution in [-0.2, 0) is 19.1 Å². The van der Waals surface area contributed by atoms with Gasteiger partial charge in [0.15, 0.2) is 0 Å². The van der Waals surface area contributed by atoms with Crippen LogP contribution in [0.1, 0.15) is 45.9 Å². The number of carbonyl (C=O) groups is 5. The number of fused-ring (bicyclic) bond motifs is 1. The highest BCUT2D eigenvalue weighted by Gasteiger charge is 2.37. The quantitative estimate of drug-likeness (QED) is 0.441. The summed E-state index contributed by atoms with van der Waals surface area (Å²) in [5, 5.41) is 5.05. The molecule has 176 valence electrons. The van der Waals surface area contributed by atoms with E-state index in [1.54, 1.807) is 43.3 Å². The SMILES string of the molecule is CCOC(=O)C1=C(COC(=O)CCN2C(=O)c3ccccc3C2=O)NC(=O)NC1c1ccco1. The Hall–Kier alpha value is -4.41. The maximum absolute atomic E-state index is 12.6. The van der Waals surface area contributed by atoms with E-state index in [9.17, 15) is 24.0 Å². The minimum atomic E-state index is -0.935. The van der Waals surface area contributed by atoms with Gasteiger partial charge in [-0.1, -0.05) is 12.1 Å². The average Bonchev–Trinajstić information content (AvgIpc) is 3.44. The van der Waals surface area contributed by atoms with Crippen molar-refractivity contribution in [3.63, 3.8) is 0 Å². The largest absolute Gasteiger partial charge is 0.467 e. The summed E-state index contributed by atoms with van der Waals surface area (Å²) in [5.74, 6) is -2.10. The molecule has 11 nitrogen and oxygen atoms in total. The van der Waals surface area contributed by atoms with Crippen LogP contribution in [0.2, 0.25) is 0 Å². The third-order valence-electron chi connectivity index (χ3n) is 5.27. The fraction of sp³-hybridized carbons (Fsp3) is 0.261. The Balaban J connectivity index is 1.44. The second-order valence-corrected chi connectivity index (χ2v) is 7.38. The van der Waals surface area contributed by atoms with Gasteiger partial charge in [-0.05, 0) is 31.2 Å². The number of hydrogen-bond acceptors (Lipinski definition) is 8. The fourth-order valence-electron chi connectivity index (χ4n) is 3.72. The highest BCUT2D eigenvalue weighted by Crippen LogP contribution is 2.28. The number of nitrogens with one attached hydrogen (secondary N) is 2. The van der Waals surface area contributed by atoms with Gasteiger partial charge in [-0.2, -0.15) is 0 Å². The van der Waals surface area contributed by atoms with E-state index in [1.807, 2.05) is 0 Å². The van der Waals surface area contributed by atoms with E-state index < -0.39 is 42.4 Å². The van der Waals surface area contributed by atoms with E-state index in [0.717, 1.165) is 4.90 Å². The lowest BCUT2D eigenvalue weighted by Crippen LogP contribution is -2.47. The Morgan fingerprint density at radius 2 is 1.74 bits per heavy atom. The summed E-state index contributed by atoms with van der Waals surface area (Å²) in [4.78, 5) is 63.0. The molecule has 0 radical (unpaired) electrons. The molecule has 34 heavy (non-hydrogen) atoms. The van der Waals surface area contributed by atoms with Crippen molar-refractivity contribution in [3.8, 4) is 0 Å². The Labute approximate surface area is 193 Å². The number of ether oxygens (including phenoxy) is 2. The molecule has 0 aliphatic carbocycles. The van der Waals surface area contributed by atoms with Crippen molar-refractivity contribution in [2.45, 2.75) is 19.4 Å². The van der Waals surface area contributed by atoms with Crippen molar-refractivity contribution in [2.75, 3.05) is 19.8 Å². The molecule has 1 atom stereocenters. The van der Waals surface area contributed by atoms with E-state index in [4.69, 9.17) is 13.9 Å². The highest BCUT2D eigenvalue weighted by molar-refractivity contribution is 6.21. The van der Waals surface area contributed by atoms with Crippen LogP contribution in [0.4, 0.5) is 4.79 Å². The van der Waals surface area contributed by atoms with Crippen molar-refractivity contribution in [1.82, 2.24) is 15.5 Å². The smallest absolute Gasteiger partial charge is 0.338 e. The lowest BCUT2D eigenvalue weighted by Gasteiger charge is -2.27. The lowest BCUT2D eigenvalue weighted by molar-refractivity contribution is -0.143. The fourth-order valence-corrected chi connectivity index (χ4v) is 3.72. The Morgan fingerprint density at radius 1 is 1.03 bits per heavy atom. The van der Waals surface area contributed by atoms with Crippen molar-refractivity contribution < 1.29 is 37.9 Å². The van der Waals surface area contributed by atoms with Crippen molar-refractivity contribution in [2.24, 2.45) is 0 Å². The molecular weight excluding hydrogens is 446 g/mol. The number of furan rings is 1. The zero-order chi connectivity index (χ0) is 24.2. The van der Waals surface area contributed by atoms with E-state index in [1.165, 1.54) is 6.26 Å². The molecule has 0 saturated carbocycles. The minimum Gasteiger partial charge on any atom is -0.467 e. The second kappa shape index (κ2) is 9.61. The predicted molar refractivity (Wildman–Crippen MR) is 114 cm³/mol. The normalized spacial score (nSPS) is 17.3. The standard InChI is InChI=1S/C23H21N3O8/c1-2-32-22(30)18-15(24-23(31)25-19(18)16-8-5-11-33-16)12-34-17(27)9-10-26-20(28)13-6-3-4-7-14(13)21(26)29/h3-8,11,19H,2,9-10,12H2,1H3,(H2,24,25,31). The van der Waals surface area contributed by atoms with Crippen LogP contribution >= 0.6 is 0 Å². The van der Waals surface area contributed by atoms with Gasteiger partial charge >= 0.3 is 18.0 Å². The third kappa shape index (κ3) is 4.40. The number of urea groups is 1. The van der Waals surface area contributed by atoms with Crippen molar-refractivity contribution >= 4 is 29.8 Å². The van der Waals surface area contributed by atoms with E-state index in [2.05, 4.69) is 10.6 Å². The summed E-state index contributed by atoms with van der Waals surface area (Å²) in [6, 6.07) is 8.03. The van der Waals surface area contributed by atoms with Gasteiger partial charge in [0.2, 0.25) is 0 Å². The average molecular weight is 467 g/mol. The highest BCUT2D eigenvalue weighted by atomic mass is 16.5. The molecule has 2 aromatic rings. The van der Waals surface area contributed by atoms with E-state index in [0.29, 0.717) is 5.76 Å². The van der Waals surface area contributed by atoms with Gasteiger partial charge < -0.3 is 24.5 Å². The number of esters is 2. The molecule has 2 aliphatic heterocycles. The third-order valence-corrected chi connectivity index (χ3v) is 5.27. The summed E-state index contributed by atoms with van der Waals surface area (Å²) >= 11 is 0. The Kier molecular flexibility index (Phi) is 6.44. The summed E-state index contributed by atoms with van der Waals surface area (Å²) in [7, 11) is 0. The van der Waals surface area contributed by atoms with Gasteiger partial charge in [-0.25, -0.2) is 9.59 Å². The number of benzene rings is 1. The van der Waals surface area contributed by atoms with Gasteiger partial charge in [0.1, 0.15) is 18.4 Å². The Bertz CT molecular complexity index is 1150. The first-order valence-electron chi connectivity index (χ1n) is 10.5. The maximum Gasteiger partial charge on any atom is 0.338 e. The van der Waals surface area contributed by atoms with E-state index >= 15 is 0 Å². The van der Waals surface area contributed by atoms with Crippen LogP contribution in [0.3, 0.4) is 0 Å². The summed E-state index contributed by atoms with van der Waals surface area (Å²) in [6.07, 6.45) is 1.13. The number of nitrogens with zero attached hydrogens (tertiary/aromatic N) is 1. The maximum atomic E-state index is 12.6. The van der Waals surface area contributed by atoms with Gasteiger partial charge in [-0.3, -0.25) is 19.3 Å². The van der Waals surface area contributed by atoms with Gasteiger partial charge in [-0.15, -0.1) is 0 Å². The first kappa shape index (κ1) is 22.8. The first-order chi connectivity index (χ1) is 16.4. The molecule has 0 spiro atoms. The summed E-state index contributed by atoms with van der Waals surface area (Å²) in [5.41, 5.74) is 0.639. The van der Waals surface area contributed by atoms with E-state index in [-0.39, 0.29) is 42.0 Å². The molecule has 4 amide bonds. The van der Waals surface area contributed by atoms with Crippen molar-refractivity contribution in [3.05, 3.63) is 70.8 Å². The number of amides is 4. The molecule has 3 heterocycles. The second-order valence-electron chi connectivity index (χ2n) is 7.38. The first-order valence-corrected chi connectivity index (χ1v) is 10.5. The summed E-state index contributed by atoms with van der Waals surface area (Å²) < 4.78 is 15.7. The molecule has 0 bridgehead atoms. The Morgan fingerprint density at radius 3 is 2.35 bits per heavy atom. The molecule has 11 heteroatoms. The van der Waals surface area contributed by atoms with Crippen LogP contribution in [0.5, 0.6) is 0 Å². The molecule has 0 saturated heterocycles. The molecule has 1 aromatic heterocycles. The molecule has 1 aromatic carbocycles. The lowest BCUT2D eigenvalue weighted by atomic mass is 10.0. The summed E-state index contributed by atoms with van der Waals surface area (Å²) in [6.45, 7) is 1.13. The molecule has 1 unspecified atom stereocenters. The monoisotopic (exact) mass is 467 g/mol. The molecule has 2 aliphatic rings. The predicted octanol–water partition coefficient (Wildman–Crippen LogP) is 1.68. The zero-order valence-corrected chi connectivity index (χ0v) is 18.2. The number of rotatable bonds is 8. The van der Waals surface area contributed by atoms with Crippen LogP contribution in [0.25, 0.3) is 0 Å². The zero-order valence-electron chi connectivity index (χ0n) is 18.2. The van der Waals surface area contributed by atoms with Crippen LogP contribution in [-0.4, -0.2) is 54.4 Å². The molecule has 4 rings (SSSR count). The van der Waals surface area contributed by atoms with Crippen LogP contribution < -0.4 is 10.6 Å². The number of hydrogen-bond donors (Lipinski definition) is 2. The minimum absolute atomic E-state index is 0.0320. The molecule has 0 fully saturated rings. The number of imide groups is 1. The van der Waals surface area contributed by atoms with Gasteiger partial charge in [0.05, 0.1) is 41.7 Å². The molecular formula is C23H21N3O8. The van der Waals surface area contributed by atoms with Gasteiger partial charge in [0.25, 0.3) is 11.8 Å². The van der Waals surface area contributed by atoms with Crippen LogP contribution in [0.15, 0.2) is 58.3 Å². The molecule has 2 N–H and O–H groups in total. The van der Waals surface area contributed by atoms with Crippen LogP contribution in [0, 0.1) is 0 Å². The van der Waals surface area contributed by atoms with Crippen molar-refractivity contribution in [1.29, 1.82) is 0 Å². The van der Waals surface area contributed by atoms with Gasteiger partial charge in [0, 0.05) is 6.54 Å². The number of carbonyl (C=O) groups excluding carboxylic acids is 5. The topological polar surface area (TPSA) is 144 Å².